The van der Waals surface area contributed by atoms with Gasteiger partial charge in [-0.1, -0.05) is 5.92 Å². The van der Waals surface area contributed by atoms with Gasteiger partial charge in [0.1, 0.15) is 22.9 Å². The average Bonchev–Trinajstić information content (AvgIpc) is 3.69. The van der Waals surface area contributed by atoms with Crippen LogP contribution in [0.1, 0.15) is 44.5 Å². The molecule has 1 aromatic carbocycles. The topological polar surface area (TPSA) is 117 Å². The molecule has 1 amide bonds. The second kappa shape index (κ2) is 9.60. The fraction of sp³-hybridized carbons (Fsp3) is 0.321. The van der Waals surface area contributed by atoms with Crippen molar-refractivity contribution in [1.29, 1.82) is 0 Å². The number of nitrogens with zero attached hydrogens (tertiary/aromatic N) is 7. The summed E-state index contributed by atoms with van der Waals surface area (Å²) in [4.78, 5) is 27.7. The van der Waals surface area contributed by atoms with Crippen molar-refractivity contribution in [3.63, 3.8) is 0 Å². The minimum Gasteiger partial charge on any atom is -0.444 e. The van der Waals surface area contributed by atoms with Gasteiger partial charge in [-0.15, -0.1) is 11.3 Å². The lowest BCUT2D eigenvalue weighted by Gasteiger charge is -2.24. The largest absolute Gasteiger partial charge is 0.444 e. The van der Waals surface area contributed by atoms with Gasteiger partial charge >= 0.3 is 6.09 Å². The number of carbonyl (C=O) groups is 1. The van der Waals surface area contributed by atoms with Crippen LogP contribution in [0.5, 0.6) is 0 Å². The fourth-order valence-corrected chi connectivity index (χ4v) is 5.44. The van der Waals surface area contributed by atoms with Gasteiger partial charge in [0.2, 0.25) is 0 Å². The number of nitrogen functional groups attached to an aromatic ring is 1. The van der Waals surface area contributed by atoms with Gasteiger partial charge in [0.25, 0.3) is 0 Å². The molecule has 5 heterocycles. The number of amides is 1. The van der Waals surface area contributed by atoms with Crippen LogP contribution in [0, 0.1) is 17.7 Å². The van der Waals surface area contributed by atoms with Gasteiger partial charge < -0.3 is 19.9 Å². The van der Waals surface area contributed by atoms with Crippen molar-refractivity contribution in [2.24, 2.45) is 7.05 Å². The zero-order valence-electron chi connectivity index (χ0n) is 22.5. The molecule has 204 valence electrons. The van der Waals surface area contributed by atoms with Gasteiger partial charge in [-0.05, 0) is 39.2 Å². The summed E-state index contributed by atoms with van der Waals surface area (Å²) in [6.07, 6.45) is 3.60. The summed E-state index contributed by atoms with van der Waals surface area (Å²) in [7, 11) is 1.81. The maximum Gasteiger partial charge on any atom is 0.410 e. The van der Waals surface area contributed by atoms with Gasteiger partial charge in [-0.25, -0.2) is 24.1 Å². The number of carbonyl (C=O) groups excluding carboxylic acids is 1. The maximum absolute atomic E-state index is 14.9. The number of aromatic nitrogens is 6. The van der Waals surface area contributed by atoms with E-state index in [4.69, 9.17) is 15.6 Å². The Morgan fingerprint density at radius 1 is 1.23 bits per heavy atom. The molecule has 0 unspecified atom stereocenters. The smallest absolute Gasteiger partial charge is 0.410 e. The van der Waals surface area contributed by atoms with Gasteiger partial charge in [-0.3, -0.25) is 4.68 Å². The average molecular weight is 559 g/mol. The first kappa shape index (κ1) is 25.8. The van der Waals surface area contributed by atoms with E-state index in [1.165, 1.54) is 17.4 Å². The molecule has 0 aliphatic carbocycles. The predicted octanol–water partition coefficient (Wildman–Crippen LogP) is 4.74. The molecular weight excluding hydrogens is 531 g/mol. The van der Waals surface area contributed by atoms with E-state index in [0.717, 1.165) is 16.8 Å². The fourth-order valence-electron chi connectivity index (χ4n) is 4.88. The lowest BCUT2D eigenvalue weighted by Crippen LogP contribution is -2.35. The number of nitrogens with two attached hydrogens (primary N) is 1. The first-order valence-electron chi connectivity index (χ1n) is 12.7. The molecule has 12 heteroatoms. The number of benzene rings is 1. The third-order valence-electron chi connectivity index (χ3n) is 6.75. The second-order valence-electron chi connectivity index (χ2n) is 10.7. The van der Waals surface area contributed by atoms with Crippen molar-refractivity contribution >= 4 is 45.2 Å². The number of anilines is 1. The minimum absolute atomic E-state index is 0.161. The number of hydrogen-bond donors (Lipinski definition) is 1. The van der Waals surface area contributed by atoms with Crippen LogP contribution in [0.4, 0.5) is 15.0 Å². The number of pyridine rings is 1. The molecule has 0 saturated carbocycles. The molecule has 5 aromatic rings. The van der Waals surface area contributed by atoms with Crippen LogP contribution in [-0.4, -0.2) is 59.0 Å². The zero-order valence-corrected chi connectivity index (χ0v) is 23.3. The van der Waals surface area contributed by atoms with Crippen LogP contribution < -0.4 is 5.73 Å². The summed E-state index contributed by atoms with van der Waals surface area (Å²) in [6.45, 7) is 6.45. The summed E-state index contributed by atoms with van der Waals surface area (Å²) in [5.74, 6) is 5.77. The van der Waals surface area contributed by atoms with E-state index >= 15 is 0 Å². The summed E-state index contributed by atoms with van der Waals surface area (Å²) in [5.41, 5.74) is 11.6. The molecule has 0 spiro atoms. The molecule has 1 saturated heterocycles. The van der Waals surface area contributed by atoms with Crippen molar-refractivity contribution < 1.29 is 13.9 Å². The van der Waals surface area contributed by atoms with E-state index in [0.29, 0.717) is 41.6 Å². The van der Waals surface area contributed by atoms with E-state index in [2.05, 4.69) is 26.8 Å². The molecule has 0 bridgehead atoms. The van der Waals surface area contributed by atoms with Gasteiger partial charge in [0.15, 0.2) is 0 Å². The first-order valence-corrected chi connectivity index (χ1v) is 13.7. The number of likely N-dealkylation sites (tertiary alicyclic amines) is 1. The molecule has 0 radical (unpaired) electrons. The number of halogens is 1. The number of aryl methyl sites for hydroxylation is 1. The van der Waals surface area contributed by atoms with Crippen molar-refractivity contribution in [2.75, 3.05) is 18.8 Å². The summed E-state index contributed by atoms with van der Waals surface area (Å²) < 4.78 is 24.1. The van der Waals surface area contributed by atoms with E-state index < -0.39 is 11.4 Å². The number of ether oxygens (including phenoxy) is 1. The maximum atomic E-state index is 14.9. The Kier molecular flexibility index (Phi) is 6.18. The van der Waals surface area contributed by atoms with Gasteiger partial charge in [0.05, 0.1) is 51.1 Å². The van der Waals surface area contributed by atoms with Crippen LogP contribution in [0.2, 0.25) is 0 Å². The standard InChI is InChI=1S/C28H27FN8O2S/c1-28(2,3)39-27(38)36-8-7-17(12-36)37-25-18(22-13-40-15-33-22)11-31-26(30)24(25)20(34-37)6-5-16-9-21-23(10-19(16)29)35(4)14-32-21/h9-11,13-15,17H,7-8,12H2,1-4H3,(H2,30,31)/t17-/m0/s1. The van der Waals surface area contributed by atoms with Gasteiger partial charge in [-0.2, -0.15) is 5.10 Å². The normalized spacial score (nSPS) is 15.5. The molecular formula is C28H27FN8O2S. The Hall–Kier alpha value is -4.50. The van der Waals surface area contributed by atoms with E-state index in [1.807, 2.05) is 37.9 Å². The number of hydrogen-bond acceptors (Lipinski definition) is 8. The van der Waals surface area contributed by atoms with Crippen LogP contribution in [0.15, 0.2) is 35.5 Å². The molecule has 4 aromatic heterocycles. The molecule has 40 heavy (non-hydrogen) atoms. The number of imidazole rings is 1. The molecule has 10 nitrogen and oxygen atoms in total. The van der Waals surface area contributed by atoms with Crippen LogP contribution in [0.3, 0.4) is 0 Å². The van der Waals surface area contributed by atoms with Crippen LogP contribution in [-0.2, 0) is 11.8 Å². The number of thiazole rings is 1. The van der Waals surface area contributed by atoms with E-state index in [1.54, 1.807) is 33.6 Å². The SMILES string of the molecule is Cn1cnc2cc(C#Cc3nn([C@H]4CCN(C(=O)OC(C)(C)C)C4)c4c(-c5cscn5)cnc(N)c34)c(F)cc21. The lowest BCUT2D eigenvalue weighted by molar-refractivity contribution is 0.0288. The predicted molar refractivity (Wildman–Crippen MR) is 151 cm³/mol. The highest BCUT2D eigenvalue weighted by atomic mass is 32.1. The third-order valence-corrected chi connectivity index (χ3v) is 7.34. The number of fused-ring (bicyclic) bond motifs is 2. The highest BCUT2D eigenvalue weighted by Crippen LogP contribution is 2.36. The zero-order chi connectivity index (χ0) is 28.2. The van der Waals surface area contributed by atoms with E-state index in [9.17, 15) is 9.18 Å². The van der Waals surface area contributed by atoms with Crippen molar-refractivity contribution in [1.82, 2.24) is 34.2 Å². The summed E-state index contributed by atoms with van der Waals surface area (Å²) in [6, 6.07) is 2.88. The lowest BCUT2D eigenvalue weighted by atomic mass is 10.1. The Labute approximate surface area is 233 Å². The minimum atomic E-state index is -0.595. The Morgan fingerprint density at radius 2 is 2.05 bits per heavy atom. The van der Waals surface area contributed by atoms with Crippen LogP contribution in [0.25, 0.3) is 33.2 Å². The Balaban J connectivity index is 1.46. The highest BCUT2D eigenvalue weighted by Gasteiger charge is 2.33. The quantitative estimate of drug-likeness (QED) is 0.311. The number of rotatable bonds is 2. The molecule has 1 fully saturated rings. The van der Waals surface area contributed by atoms with Crippen molar-refractivity contribution in [3.8, 4) is 23.1 Å². The van der Waals surface area contributed by atoms with Crippen molar-refractivity contribution in [3.05, 3.63) is 52.6 Å². The highest BCUT2D eigenvalue weighted by molar-refractivity contribution is 7.07. The first-order chi connectivity index (χ1) is 19.1. The van der Waals surface area contributed by atoms with Gasteiger partial charge in [0, 0.05) is 43.3 Å². The van der Waals surface area contributed by atoms with E-state index in [-0.39, 0.29) is 23.5 Å². The summed E-state index contributed by atoms with van der Waals surface area (Å²) in [5, 5.41) is 7.35. The molecule has 1 aliphatic rings. The van der Waals surface area contributed by atoms with Crippen molar-refractivity contribution in [2.45, 2.75) is 38.8 Å². The Morgan fingerprint density at radius 3 is 2.80 bits per heavy atom. The molecule has 1 atom stereocenters. The molecule has 1 aliphatic heterocycles. The third kappa shape index (κ3) is 4.62. The second-order valence-corrected chi connectivity index (χ2v) is 11.5. The molecule has 2 N–H and O–H groups in total. The monoisotopic (exact) mass is 558 g/mol. The summed E-state index contributed by atoms with van der Waals surface area (Å²) >= 11 is 1.47. The Bertz CT molecular complexity index is 1820. The van der Waals surface area contributed by atoms with Crippen LogP contribution >= 0.6 is 11.3 Å². The molecule has 6 rings (SSSR count).